The highest BCUT2D eigenvalue weighted by molar-refractivity contribution is 9.10. The van der Waals surface area contributed by atoms with Crippen molar-refractivity contribution in [3.05, 3.63) is 22.6 Å². The molecule has 70 valence electrons. The Hall–Kier alpha value is -0.790. The van der Waals surface area contributed by atoms with Crippen molar-refractivity contribution in [2.45, 2.75) is 13.5 Å². The van der Waals surface area contributed by atoms with Gasteiger partial charge >= 0.3 is 0 Å². The molecule has 0 amide bonds. The van der Waals surface area contributed by atoms with Gasteiger partial charge in [-0.05, 0) is 35.0 Å². The molecule has 0 aromatic carbocycles. The van der Waals surface area contributed by atoms with E-state index >= 15 is 0 Å². The summed E-state index contributed by atoms with van der Waals surface area (Å²) in [6.07, 6.45) is 0. The van der Waals surface area contributed by atoms with Crippen molar-refractivity contribution < 1.29 is 4.42 Å². The van der Waals surface area contributed by atoms with Crippen LogP contribution in [0.25, 0.3) is 0 Å². The molecule has 1 aromatic heterocycles. The summed E-state index contributed by atoms with van der Waals surface area (Å²) < 4.78 is 6.00. The molecule has 0 aliphatic heterocycles. The van der Waals surface area contributed by atoms with E-state index in [1.165, 1.54) is 0 Å². The first-order chi connectivity index (χ1) is 6.22. The molecule has 1 atom stereocenters. The Balaban J connectivity index is 2.25. The van der Waals surface area contributed by atoms with Crippen molar-refractivity contribution in [2.24, 2.45) is 5.92 Å². The van der Waals surface area contributed by atoms with E-state index in [4.69, 9.17) is 9.68 Å². The molecule has 1 N–H and O–H groups in total. The minimum Gasteiger partial charge on any atom is -0.453 e. The molecule has 0 bridgehead atoms. The first-order valence-corrected chi connectivity index (χ1v) is 4.86. The van der Waals surface area contributed by atoms with Crippen LogP contribution in [0.2, 0.25) is 0 Å². The molecular formula is C9H11BrN2O. The highest BCUT2D eigenvalue weighted by Gasteiger charge is 2.01. The SMILES string of the molecule is CC(C#N)CNCc1ccc(Br)o1. The van der Waals surface area contributed by atoms with Crippen LogP contribution in [0.1, 0.15) is 12.7 Å². The van der Waals surface area contributed by atoms with E-state index in [1.807, 2.05) is 19.1 Å². The number of hydrogen-bond donors (Lipinski definition) is 1. The first kappa shape index (κ1) is 10.3. The van der Waals surface area contributed by atoms with Gasteiger partial charge in [-0.25, -0.2) is 0 Å². The van der Waals surface area contributed by atoms with Gasteiger partial charge in [-0.1, -0.05) is 0 Å². The maximum atomic E-state index is 8.52. The Morgan fingerprint density at radius 1 is 1.69 bits per heavy atom. The van der Waals surface area contributed by atoms with Crippen LogP contribution in [0.5, 0.6) is 0 Å². The molecule has 0 aliphatic carbocycles. The zero-order valence-electron chi connectivity index (χ0n) is 7.38. The van der Waals surface area contributed by atoms with E-state index in [0.717, 1.165) is 10.4 Å². The van der Waals surface area contributed by atoms with Crippen LogP contribution in [0.15, 0.2) is 21.2 Å². The second kappa shape index (κ2) is 5.05. The lowest BCUT2D eigenvalue weighted by Crippen LogP contribution is -2.19. The molecule has 0 aliphatic rings. The zero-order chi connectivity index (χ0) is 9.68. The number of rotatable bonds is 4. The molecule has 1 rings (SSSR count). The molecule has 0 spiro atoms. The van der Waals surface area contributed by atoms with E-state index in [9.17, 15) is 0 Å². The van der Waals surface area contributed by atoms with Crippen molar-refractivity contribution in [1.82, 2.24) is 5.32 Å². The summed E-state index contributed by atoms with van der Waals surface area (Å²) in [5.74, 6) is 0.912. The fraction of sp³-hybridized carbons (Fsp3) is 0.444. The van der Waals surface area contributed by atoms with Crippen LogP contribution in [0.4, 0.5) is 0 Å². The highest BCUT2D eigenvalue weighted by atomic mass is 79.9. The van der Waals surface area contributed by atoms with E-state index in [-0.39, 0.29) is 5.92 Å². The number of nitrogens with one attached hydrogen (secondary N) is 1. The maximum Gasteiger partial charge on any atom is 0.169 e. The molecule has 13 heavy (non-hydrogen) atoms. The van der Waals surface area contributed by atoms with Crippen molar-refractivity contribution in [3.63, 3.8) is 0 Å². The lowest BCUT2D eigenvalue weighted by atomic mass is 10.2. The highest BCUT2D eigenvalue weighted by Crippen LogP contribution is 2.13. The minimum atomic E-state index is 0.0402. The Labute approximate surface area is 85.9 Å². The molecule has 0 saturated heterocycles. The molecule has 0 saturated carbocycles. The largest absolute Gasteiger partial charge is 0.453 e. The number of halogens is 1. The minimum absolute atomic E-state index is 0.0402. The summed E-state index contributed by atoms with van der Waals surface area (Å²) in [6.45, 7) is 3.23. The first-order valence-electron chi connectivity index (χ1n) is 4.07. The Bertz CT molecular complexity index is 303. The van der Waals surface area contributed by atoms with E-state index < -0.39 is 0 Å². The van der Waals surface area contributed by atoms with Crippen LogP contribution in [-0.2, 0) is 6.54 Å². The van der Waals surface area contributed by atoms with E-state index in [2.05, 4.69) is 27.3 Å². The van der Waals surface area contributed by atoms with Gasteiger partial charge in [0.15, 0.2) is 4.67 Å². The standard InChI is InChI=1S/C9H11BrN2O/c1-7(4-11)5-12-6-8-2-3-9(10)13-8/h2-3,7,12H,5-6H2,1H3. The molecule has 0 fully saturated rings. The summed E-state index contributed by atoms with van der Waals surface area (Å²) in [6, 6.07) is 5.90. The van der Waals surface area contributed by atoms with Crippen molar-refractivity contribution in [3.8, 4) is 6.07 Å². The third kappa shape index (κ3) is 3.62. The average molecular weight is 243 g/mol. The van der Waals surface area contributed by atoms with Crippen LogP contribution < -0.4 is 5.32 Å². The third-order valence-corrected chi connectivity index (χ3v) is 2.03. The summed E-state index contributed by atoms with van der Waals surface area (Å²) in [7, 11) is 0. The van der Waals surface area contributed by atoms with E-state index in [0.29, 0.717) is 13.1 Å². The third-order valence-electron chi connectivity index (χ3n) is 1.60. The summed E-state index contributed by atoms with van der Waals surface area (Å²) >= 11 is 3.22. The molecule has 1 unspecified atom stereocenters. The van der Waals surface area contributed by atoms with Gasteiger partial charge in [0.2, 0.25) is 0 Å². The quantitative estimate of drug-likeness (QED) is 0.882. The van der Waals surface area contributed by atoms with Gasteiger partial charge in [0.05, 0.1) is 18.5 Å². The van der Waals surface area contributed by atoms with Crippen LogP contribution in [-0.4, -0.2) is 6.54 Å². The topological polar surface area (TPSA) is 49.0 Å². The van der Waals surface area contributed by atoms with Crippen LogP contribution >= 0.6 is 15.9 Å². The normalized spacial score (nSPS) is 12.4. The molecule has 1 heterocycles. The van der Waals surface area contributed by atoms with Gasteiger partial charge in [0, 0.05) is 6.54 Å². The Morgan fingerprint density at radius 3 is 3.00 bits per heavy atom. The Kier molecular flexibility index (Phi) is 4.00. The summed E-state index contributed by atoms with van der Waals surface area (Å²) in [5.41, 5.74) is 0. The van der Waals surface area contributed by atoms with Gasteiger partial charge in [0.25, 0.3) is 0 Å². The van der Waals surface area contributed by atoms with E-state index in [1.54, 1.807) is 0 Å². The molecule has 4 heteroatoms. The zero-order valence-corrected chi connectivity index (χ0v) is 8.97. The summed E-state index contributed by atoms with van der Waals surface area (Å²) in [4.78, 5) is 0. The van der Waals surface area contributed by atoms with Gasteiger partial charge in [-0.3, -0.25) is 0 Å². The number of hydrogen-bond acceptors (Lipinski definition) is 3. The van der Waals surface area contributed by atoms with Gasteiger partial charge in [-0.2, -0.15) is 5.26 Å². The second-order valence-electron chi connectivity index (χ2n) is 2.87. The predicted octanol–water partition coefficient (Wildman–Crippen LogP) is 2.29. The number of furan rings is 1. The molecular weight excluding hydrogens is 232 g/mol. The van der Waals surface area contributed by atoms with Crippen LogP contribution in [0.3, 0.4) is 0 Å². The predicted molar refractivity (Wildman–Crippen MR) is 52.9 cm³/mol. The van der Waals surface area contributed by atoms with Gasteiger partial charge < -0.3 is 9.73 Å². The van der Waals surface area contributed by atoms with Gasteiger partial charge in [0.1, 0.15) is 5.76 Å². The van der Waals surface area contributed by atoms with Crippen LogP contribution in [0, 0.1) is 17.2 Å². The Morgan fingerprint density at radius 2 is 2.46 bits per heavy atom. The van der Waals surface area contributed by atoms with Gasteiger partial charge in [-0.15, -0.1) is 0 Å². The average Bonchev–Trinajstić information content (AvgIpc) is 2.51. The molecule has 1 aromatic rings. The smallest absolute Gasteiger partial charge is 0.169 e. The summed E-state index contributed by atoms with van der Waals surface area (Å²) in [5, 5.41) is 11.6. The van der Waals surface area contributed by atoms with Crippen molar-refractivity contribution in [2.75, 3.05) is 6.54 Å². The van der Waals surface area contributed by atoms with Crippen molar-refractivity contribution in [1.29, 1.82) is 5.26 Å². The lowest BCUT2D eigenvalue weighted by molar-refractivity contribution is 0.458. The molecule has 0 radical (unpaired) electrons. The number of nitrogens with zero attached hydrogens (tertiary/aromatic N) is 1. The maximum absolute atomic E-state index is 8.52. The fourth-order valence-electron chi connectivity index (χ4n) is 0.904. The molecule has 3 nitrogen and oxygen atoms in total. The fourth-order valence-corrected chi connectivity index (χ4v) is 1.24. The number of nitriles is 1. The van der Waals surface area contributed by atoms with Crippen molar-refractivity contribution >= 4 is 15.9 Å². The lowest BCUT2D eigenvalue weighted by Gasteiger charge is -2.02. The second-order valence-corrected chi connectivity index (χ2v) is 3.65. The monoisotopic (exact) mass is 242 g/mol.